The second-order valence-corrected chi connectivity index (χ2v) is 10.4. The Hall–Kier alpha value is -2.75. The SMILES string of the molecule is Cc1cccc(COC2CCOC3(C2)CN(Cc2ccc(C)s2)C3)n1.O=C(O)C(F)(F)F.O=C(O)C(F)(F)F. The number of pyridine rings is 1. The number of alkyl halides is 6. The van der Waals surface area contributed by atoms with Gasteiger partial charge in [0, 0.05) is 48.1 Å². The van der Waals surface area contributed by atoms with Crippen molar-refractivity contribution in [1.82, 2.24) is 9.88 Å². The summed E-state index contributed by atoms with van der Waals surface area (Å²) in [6.07, 6.45) is -7.90. The van der Waals surface area contributed by atoms with Crippen LogP contribution in [0.1, 0.15) is 34.0 Å². The molecule has 2 N–H and O–H groups in total. The number of rotatable bonds is 5. The monoisotopic (exact) mass is 586 g/mol. The number of hydrogen-bond donors (Lipinski definition) is 2. The fourth-order valence-electron chi connectivity index (χ4n) is 3.90. The van der Waals surface area contributed by atoms with Gasteiger partial charge in [0.2, 0.25) is 0 Å². The highest BCUT2D eigenvalue weighted by atomic mass is 32.1. The normalized spacial score (nSPS) is 18.7. The minimum Gasteiger partial charge on any atom is -0.475 e. The Balaban J connectivity index is 0.000000317. The highest BCUT2D eigenvalue weighted by molar-refractivity contribution is 7.11. The van der Waals surface area contributed by atoms with E-state index in [-0.39, 0.29) is 11.7 Å². The molecule has 2 aliphatic heterocycles. The Morgan fingerprint density at radius 2 is 1.67 bits per heavy atom. The second kappa shape index (κ2) is 13.5. The topological polar surface area (TPSA) is 109 Å². The molecule has 2 aliphatic rings. The second-order valence-electron chi connectivity index (χ2n) is 8.99. The van der Waals surface area contributed by atoms with E-state index in [1.54, 1.807) is 0 Å². The number of nitrogens with zero attached hydrogens (tertiary/aromatic N) is 2. The minimum absolute atomic E-state index is 0.00918. The van der Waals surface area contributed by atoms with Gasteiger partial charge in [-0.15, -0.1) is 11.3 Å². The number of aliphatic carboxylic acids is 2. The smallest absolute Gasteiger partial charge is 0.475 e. The highest BCUT2D eigenvalue weighted by Crippen LogP contribution is 2.36. The molecule has 39 heavy (non-hydrogen) atoms. The average Bonchev–Trinajstić information content (AvgIpc) is 3.21. The Bertz CT molecular complexity index is 1080. The molecule has 2 aromatic heterocycles. The van der Waals surface area contributed by atoms with Gasteiger partial charge in [-0.1, -0.05) is 6.07 Å². The van der Waals surface area contributed by atoms with Crippen LogP contribution < -0.4 is 0 Å². The summed E-state index contributed by atoms with van der Waals surface area (Å²) in [6, 6.07) is 10.5. The number of carbonyl (C=O) groups is 2. The molecule has 2 aromatic rings. The summed E-state index contributed by atoms with van der Waals surface area (Å²) in [5, 5.41) is 14.2. The predicted molar refractivity (Wildman–Crippen MR) is 127 cm³/mol. The Morgan fingerprint density at radius 3 is 2.15 bits per heavy atom. The maximum Gasteiger partial charge on any atom is 0.490 e. The van der Waals surface area contributed by atoms with Gasteiger partial charge in [-0.25, -0.2) is 9.59 Å². The van der Waals surface area contributed by atoms with Gasteiger partial charge in [-0.2, -0.15) is 26.3 Å². The number of halogens is 6. The van der Waals surface area contributed by atoms with Crippen molar-refractivity contribution in [3.8, 4) is 0 Å². The summed E-state index contributed by atoms with van der Waals surface area (Å²) in [5.74, 6) is -5.51. The lowest BCUT2D eigenvalue weighted by molar-refractivity contribution is -0.200. The van der Waals surface area contributed by atoms with Crippen LogP contribution in [0.4, 0.5) is 26.3 Å². The number of aryl methyl sites for hydroxylation is 2. The number of likely N-dealkylation sites (tertiary alicyclic amines) is 1. The van der Waals surface area contributed by atoms with Crippen molar-refractivity contribution in [2.75, 3.05) is 19.7 Å². The van der Waals surface area contributed by atoms with Crippen molar-refractivity contribution in [2.24, 2.45) is 0 Å². The lowest BCUT2D eigenvalue weighted by Crippen LogP contribution is -2.65. The standard InChI is InChI=1S/C20H26N2O2S.2C2HF3O2/c1-15-4-3-5-17(21-15)12-23-18-8-9-24-20(10-18)13-22(14-20)11-19-7-6-16(2)25-19;2*3-2(4,5)1(6)7/h3-7,18H,8-14H2,1-2H3;2*(H,6,7). The molecule has 2 fully saturated rings. The van der Waals surface area contributed by atoms with Crippen LogP contribution in [-0.2, 0) is 32.2 Å². The molecule has 0 saturated carbocycles. The Labute approximate surface area is 224 Å². The van der Waals surface area contributed by atoms with Gasteiger partial charge in [0.1, 0.15) is 0 Å². The van der Waals surface area contributed by atoms with E-state index in [9.17, 15) is 26.3 Å². The van der Waals surface area contributed by atoms with Crippen LogP contribution in [-0.4, -0.2) is 75.8 Å². The van der Waals surface area contributed by atoms with Crippen molar-refractivity contribution in [3.05, 3.63) is 51.5 Å². The average molecular weight is 587 g/mol. The van der Waals surface area contributed by atoms with Crippen molar-refractivity contribution in [2.45, 2.75) is 63.9 Å². The molecular weight excluding hydrogens is 558 g/mol. The summed E-state index contributed by atoms with van der Waals surface area (Å²) in [4.78, 5) is 27.6. The summed E-state index contributed by atoms with van der Waals surface area (Å²) < 4.78 is 75.8. The van der Waals surface area contributed by atoms with Crippen LogP contribution in [0, 0.1) is 13.8 Å². The number of carboxylic acid groups (broad SMARTS) is 2. The van der Waals surface area contributed by atoms with Gasteiger partial charge < -0.3 is 19.7 Å². The third-order valence-electron chi connectivity index (χ3n) is 5.54. The molecule has 15 heteroatoms. The first-order valence-electron chi connectivity index (χ1n) is 11.5. The molecule has 1 atom stereocenters. The zero-order valence-corrected chi connectivity index (χ0v) is 21.8. The molecule has 0 aliphatic carbocycles. The van der Waals surface area contributed by atoms with Crippen molar-refractivity contribution in [1.29, 1.82) is 0 Å². The molecule has 0 radical (unpaired) electrons. The fraction of sp³-hybridized carbons (Fsp3) is 0.542. The molecule has 4 rings (SSSR count). The van der Waals surface area contributed by atoms with E-state index in [0.29, 0.717) is 6.61 Å². The number of thiophene rings is 1. The van der Waals surface area contributed by atoms with Crippen LogP contribution in [0.3, 0.4) is 0 Å². The lowest BCUT2D eigenvalue weighted by atomic mass is 9.84. The quantitative estimate of drug-likeness (QED) is 0.473. The van der Waals surface area contributed by atoms with Crippen molar-refractivity contribution in [3.63, 3.8) is 0 Å². The maximum atomic E-state index is 10.6. The first-order valence-corrected chi connectivity index (χ1v) is 12.4. The zero-order chi connectivity index (χ0) is 29.4. The van der Waals surface area contributed by atoms with E-state index in [0.717, 1.165) is 50.5 Å². The number of hydrogen-bond acceptors (Lipinski definition) is 7. The Morgan fingerprint density at radius 1 is 1.08 bits per heavy atom. The van der Waals surface area contributed by atoms with Crippen LogP contribution in [0.25, 0.3) is 0 Å². The number of ether oxygens (including phenoxy) is 2. The first kappa shape index (κ1) is 32.5. The molecule has 0 amide bonds. The lowest BCUT2D eigenvalue weighted by Gasteiger charge is -2.53. The van der Waals surface area contributed by atoms with Crippen molar-refractivity contribution < 1.29 is 55.6 Å². The third-order valence-corrected chi connectivity index (χ3v) is 6.53. The van der Waals surface area contributed by atoms with E-state index in [2.05, 4.69) is 28.9 Å². The summed E-state index contributed by atoms with van der Waals surface area (Å²) >= 11 is 1.89. The molecule has 2 saturated heterocycles. The minimum atomic E-state index is -5.08. The fourth-order valence-corrected chi connectivity index (χ4v) is 4.83. The van der Waals surface area contributed by atoms with E-state index >= 15 is 0 Å². The molecule has 0 bridgehead atoms. The van der Waals surface area contributed by atoms with E-state index in [1.165, 1.54) is 9.75 Å². The van der Waals surface area contributed by atoms with Gasteiger partial charge >= 0.3 is 24.3 Å². The summed E-state index contributed by atoms with van der Waals surface area (Å²) in [7, 11) is 0. The first-order chi connectivity index (χ1) is 18.0. The van der Waals surface area contributed by atoms with Crippen molar-refractivity contribution >= 4 is 23.3 Å². The predicted octanol–water partition coefficient (Wildman–Crippen LogP) is 4.98. The Kier molecular flexibility index (Phi) is 11.3. The van der Waals surface area contributed by atoms with E-state index in [1.807, 2.05) is 36.5 Å². The largest absolute Gasteiger partial charge is 0.490 e. The van der Waals surface area contributed by atoms with E-state index < -0.39 is 24.3 Å². The maximum absolute atomic E-state index is 10.6. The third kappa shape index (κ3) is 11.1. The zero-order valence-electron chi connectivity index (χ0n) is 21.0. The van der Waals surface area contributed by atoms with Crippen LogP contribution in [0.5, 0.6) is 0 Å². The van der Waals surface area contributed by atoms with Crippen LogP contribution in [0.15, 0.2) is 30.3 Å². The molecule has 8 nitrogen and oxygen atoms in total. The molecule has 1 spiro atoms. The van der Waals surface area contributed by atoms with Gasteiger partial charge in [0.15, 0.2) is 0 Å². The molecule has 218 valence electrons. The van der Waals surface area contributed by atoms with Gasteiger partial charge in [0.25, 0.3) is 0 Å². The van der Waals surface area contributed by atoms with Gasteiger partial charge in [0.05, 0.1) is 24.0 Å². The van der Waals surface area contributed by atoms with E-state index in [4.69, 9.17) is 29.3 Å². The number of carboxylic acids is 2. The molecule has 4 heterocycles. The highest BCUT2D eigenvalue weighted by Gasteiger charge is 2.47. The van der Waals surface area contributed by atoms with Gasteiger partial charge in [-0.05, 0) is 44.5 Å². The van der Waals surface area contributed by atoms with Gasteiger partial charge in [-0.3, -0.25) is 9.88 Å². The molecular formula is C24H28F6N2O6S. The van der Waals surface area contributed by atoms with Crippen LogP contribution >= 0.6 is 11.3 Å². The summed E-state index contributed by atoms with van der Waals surface area (Å²) in [5.41, 5.74) is 2.07. The molecule has 0 aromatic carbocycles. The summed E-state index contributed by atoms with van der Waals surface area (Å²) in [6.45, 7) is 8.67. The molecule has 1 unspecified atom stereocenters. The number of aromatic nitrogens is 1. The van der Waals surface area contributed by atoms with Crippen LogP contribution in [0.2, 0.25) is 0 Å².